The van der Waals surface area contributed by atoms with Gasteiger partial charge in [0.15, 0.2) is 0 Å². The van der Waals surface area contributed by atoms with Crippen LogP contribution in [0.3, 0.4) is 0 Å². The van der Waals surface area contributed by atoms with Gasteiger partial charge in [0, 0.05) is 0 Å². The quantitative estimate of drug-likeness (QED) is 0.405. The molecule has 0 aliphatic rings. The van der Waals surface area contributed by atoms with Crippen LogP contribution in [0.2, 0.25) is 0 Å². The lowest BCUT2D eigenvalue weighted by molar-refractivity contribution is -0.139. The Morgan fingerprint density at radius 1 is 1.37 bits per heavy atom. The molecule has 19 heavy (non-hydrogen) atoms. The Bertz CT molecular complexity index is 400. The molecule has 0 bridgehead atoms. The van der Waals surface area contributed by atoms with Crippen molar-refractivity contribution in [2.24, 2.45) is 0 Å². The number of benzene rings is 1. The Labute approximate surface area is 114 Å². The summed E-state index contributed by atoms with van der Waals surface area (Å²) < 4.78 is 18.8. The average molecular weight is 264 g/mol. The van der Waals surface area contributed by atoms with Crippen LogP contribution in [0.5, 0.6) is 0 Å². The molecule has 2 nitrogen and oxygen atoms in total. The smallest absolute Gasteiger partial charge is 0.336 e. The fraction of sp³-hybridized carbons (Fsp3) is 0.438. The van der Waals surface area contributed by atoms with Gasteiger partial charge in [-0.2, -0.15) is 0 Å². The zero-order valence-corrected chi connectivity index (χ0v) is 11.4. The van der Waals surface area contributed by atoms with Crippen LogP contribution in [0.4, 0.5) is 4.39 Å². The van der Waals surface area contributed by atoms with Crippen LogP contribution in [-0.2, 0) is 16.0 Å². The van der Waals surface area contributed by atoms with E-state index in [0.717, 1.165) is 18.4 Å². The number of esters is 1. The topological polar surface area (TPSA) is 26.3 Å². The molecule has 1 aromatic rings. The van der Waals surface area contributed by atoms with Crippen molar-refractivity contribution in [3.05, 3.63) is 48.0 Å². The van der Waals surface area contributed by atoms with Crippen LogP contribution >= 0.6 is 0 Å². The normalized spacial score (nSPS) is 11.9. The molecule has 0 fully saturated rings. The van der Waals surface area contributed by atoms with E-state index in [1.54, 1.807) is 0 Å². The van der Waals surface area contributed by atoms with Crippen molar-refractivity contribution >= 4 is 5.97 Å². The fourth-order valence-corrected chi connectivity index (χ4v) is 1.64. The molecule has 104 valence electrons. The third-order valence-corrected chi connectivity index (χ3v) is 2.90. The van der Waals surface area contributed by atoms with E-state index in [9.17, 15) is 9.18 Å². The van der Waals surface area contributed by atoms with Gasteiger partial charge in [0.05, 0.1) is 12.2 Å². The number of carbonyl (C=O) groups is 1. The molecule has 0 amide bonds. The fourth-order valence-electron chi connectivity index (χ4n) is 1.64. The van der Waals surface area contributed by atoms with Crippen LogP contribution in [-0.4, -0.2) is 18.7 Å². The number of rotatable bonds is 8. The maximum atomic E-state index is 13.8. The van der Waals surface area contributed by atoms with Crippen LogP contribution in [0.25, 0.3) is 0 Å². The highest BCUT2D eigenvalue weighted by Gasteiger charge is 2.19. The van der Waals surface area contributed by atoms with E-state index in [1.165, 1.54) is 0 Å². The number of hydrogen-bond acceptors (Lipinski definition) is 2. The molecule has 0 heterocycles. The molecule has 0 N–H and O–H groups in total. The van der Waals surface area contributed by atoms with Crippen molar-refractivity contribution in [3.8, 4) is 0 Å². The Balaban J connectivity index is 2.34. The predicted octanol–water partition coefficient (Wildman–Crippen LogP) is 3.86. The molecule has 3 heteroatoms. The van der Waals surface area contributed by atoms with Gasteiger partial charge in [-0.25, -0.2) is 9.18 Å². The molecule has 0 spiro atoms. The highest BCUT2D eigenvalue weighted by molar-refractivity contribution is 5.88. The Hall–Kier alpha value is -1.64. The monoisotopic (exact) mass is 264 g/mol. The van der Waals surface area contributed by atoms with Gasteiger partial charge in [-0.1, -0.05) is 50.3 Å². The van der Waals surface area contributed by atoms with Gasteiger partial charge in [-0.15, -0.1) is 0 Å². The van der Waals surface area contributed by atoms with Gasteiger partial charge < -0.3 is 4.74 Å². The second-order valence-electron chi connectivity index (χ2n) is 4.51. The first-order valence-electron chi connectivity index (χ1n) is 6.69. The molecule has 0 radical (unpaired) electrons. The molecule has 0 saturated heterocycles. The minimum Gasteiger partial charge on any atom is -0.462 e. The molecule has 1 atom stereocenters. The minimum atomic E-state index is -1.34. The van der Waals surface area contributed by atoms with Crippen molar-refractivity contribution < 1.29 is 13.9 Å². The van der Waals surface area contributed by atoms with Crippen LogP contribution in [0.15, 0.2) is 42.5 Å². The van der Waals surface area contributed by atoms with E-state index >= 15 is 0 Å². The van der Waals surface area contributed by atoms with Crippen molar-refractivity contribution in [3.63, 3.8) is 0 Å². The summed E-state index contributed by atoms with van der Waals surface area (Å²) in [5.74, 6) is -0.617. The minimum absolute atomic E-state index is 0.0768. The summed E-state index contributed by atoms with van der Waals surface area (Å²) in [6.45, 7) is 5.83. The van der Waals surface area contributed by atoms with Gasteiger partial charge >= 0.3 is 5.97 Å². The van der Waals surface area contributed by atoms with Crippen molar-refractivity contribution in [1.29, 1.82) is 0 Å². The van der Waals surface area contributed by atoms with E-state index in [0.29, 0.717) is 13.0 Å². The molecule has 0 aliphatic heterocycles. The number of ether oxygens (including phenoxy) is 1. The lowest BCUT2D eigenvalue weighted by atomic mass is 10.0. The maximum absolute atomic E-state index is 13.8. The molecular weight excluding hydrogens is 243 g/mol. The zero-order chi connectivity index (χ0) is 14.1. The van der Waals surface area contributed by atoms with E-state index in [-0.39, 0.29) is 12.0 Å². The molecule has 0 aromatic heterocycles. The van der Waals surface area contributed by atoms with Gasteiger partial charge in [0.2, 0.25) is 0 Å². The molecule has 0 saturated carbocycles. The Morgan fingerprint density at radius 3 is 2.68 bits per heavy atom. The zero-order valence-electron chi connectivity index (χ0n) is 11.4. The van der Waals surface area contributed by atoms with Crippen LogP contribution < -0.4 is 0 Å². The number of alkyl halides is 1. The predicted molar refractivity (Wildman–Crippen MR) is 74.7 cm³/mol. The highest BCUT2D eigenvalue weighted by atomic mass is 19.1. The number of hydrogen-bond donors (Lipinski definition) is 0. The Morgan fingerprint density at radius 2 is 2.05 bits per heavy atom. The standard InChI is InChI=1S/C16H21FO2/c1-3-4-12-19-16(18)13(2)15(17)11-10-14-8-6-5-7-9-14/h5-9,15H,2-4,10-12H2,1H3. The summed E-state index contributed by atoms with van der Waals surface area (Å²) in [6, 6.07) is 9.62. The van der Waals surface area contributed by atoms with Gasteiger partial charge in [0.25, 0.3) is 0 Å². The first-order valence-corrected chi connectivity index (χ1v) is 6.69. The molecular formula is C16H21FO2. The first kappa shape index (κ1) is 15.4. The van der Waals surface area contributed by atoms with E-state index in [4.69, 9.17) is 4.74 Å². The number of halogens is 1. The first-order chi connectivity index (χ1) is 9.15. The van der Waals surface area contributed by atoms with Crippen molar-refractivity contribution in [2.45, 2.75) is 38.8 Å². The van der Waals surface area contributed by atoms with E-state index in [1.807, 2.05) is 37.3 Å². The van der Waals surface area contributed by atoms with E-state index < -0.39 is 12.1 Å². The van der Waals surface area contributed by atoms with Crippen LogP contribution in [0.1, 0.15) is 31.7 Å². The summed E-state index contributed by atoms with van der Waals surface area (Å²) in [5.41, 5.74) is 0.976. The third kappa shape index (κ3) is 5.69. The summed E-state index contributed by atoms with van der Waals surface area (Å²) >= 11 is 0. The summed E-state index contributed by atoms with van der Waals surface area (Å²) in [4.78, 5) is 11.5. The van der Waals surface area contributed by atoms with Crippen LogP contribution in [0, 0.1) is 0 Å². The van der Waals surface area contributed by atoms with Gasteiger partial charge in [-0.3, -0.25) is 0 Å². The molecule has 1 rings (SSSR count). The number of carbonyl (C=O) groups excluding carboxylic acids is 1. The summed E-state index contributed by atoms with van der Waals surface area (Å²) in [7, 11) is 0. The largest absolute Gasteiger partial charge is 0.462 e. The highest BCUT2D eigenvalue weighted by Crippen LogP contribution is 2.14. The number of unbranched alkanes of at least 4 members (excludes halogenated alkanes) is 1. The lowest BCUT2D eigenvalue weighted by Crippen LogP contribution is -2.17. The second-order valence-corrected chi connectivity index (χ2v) is 4.51. The summed E-state index contributed by atoms with van der Waals surface area (Å²) in [5, 5.41) is 0. The molecule has 0 aliphatic carbocycles. The SMILES string of the molecule is C=C(C(=O)OCCCC)C(F)CCc1ccccc1. The van der Waals surface area contributed by atoms with E-state index in [2.05, 4.69) is 6.58 Å². The second kappa shape index (κ2) is 8.46. The number of aryl methyl sites for hydroxylation is 1. The summed E-state index contributed by atoms with van der Waals surface area (Å²) in [6.07, 6.45) is 1.23. The van der Waals surface area contributed by atoms with Crippen molar-refractivity contribution in [1.82, 2.24) is 0 Å². The lowest BCUT2D eigenvalue weighted by Gasteiger charge is -2.11. The Kier molecular flexibility index (Phi) is 6.86. The van der Waals surface area contributed by atoms with Crippen molar-refractivity contribution in [2.75, 3.05) is 6.61 Å². The average Bonchev–Trinajstić information content (AvgIpc) is 2.45. The van der Waals surface area contributed by atoms with Gasteiger partial charge in [0.1, 0.15) is 6.17 Å². The van der Waals surface area contributed by atoms with Gasteiger partial charge in [-0.05, 0) is 24.8 Å². The molecule has 1 aromatic carbocycles. The third-order valence-electron chi connectivity index (χ3n) is 2.90. The molecule has 1 unspecified atom stereocenters. The maximum Gasteiger partial charge on any atom is 0.336 e.